The van der Waals surface area contributed by atoms with Gasteiger partial charge in [0.15, 0.2) is 11.9 Å². The number of carbonyl (C=O) groups excluding carboxylic acids is 1. The monoisotopic (exact) mass is 255 g/mol. The number of nitrogens with zero attached hydrogens (tertiary/aromatic N) is 1. The number of benzene rings is 1. The van der Waals surface area contributed by atoms with Crippen LogP contribution in [0.5, 0.6) is 5.75 Å². The maximum atomic E-state index is 11.8. The zero-order valence-electron chi connectivity index (χ0n) is 9.52. The molecular formula is C12H14ClNO3. The standard InChI is InChI=1S/C12H14ClNO3/c1-2-3-7-10-12(15)14(16)9-6-4-5-8(13)11(9)17-10/h4-6,10,16H,2-3,7H2,1H3. The molecule has 0 bridgehead atoms. The van der Waals surface area contributed by atoms with E-state index >= 15 is 0 Å². The van der Waals surface area contributed by atoms with E-state index in [0.717, 1.165) is 12.8 Å². The van der Waals surface area contributed by atoms with Gasteiger partial charge in [0.25, 0.3) is 5.91 Å². The molecule has 0 aliphatic carbocycles. The molecule has 0 saturated carbocycles. The average molecular weight is 256 g/mol. The third kappa shape index (κ3) is 2.23. The van der Waals surface area contributed by atoms with Crippen molar-refractivity contribution in [2.24, 2.45) is 0 Å². The summed E-state index contributed by atoms with van der Waals surface area (Å²) >= 11 is 5.98. The van der Waals surface area contributed by atoms with Gasteiger partial charge in [-0.3, -0.25) is 10.0 Å². The molecule has 0 radical (unpaired) electrons. The molecule has 1 heterocycles. The molecule has 2 rings (SSSR count). The molecular weight excluding hydrogens is 242 g/mol. The Hall–Kier alpha value is -1.26. The lowest BCUT2D eigenvalue weighted by Gasteiger charge is -2.30. The minimum Gasteiger partial charge on any atom is -0.477 e. The number of halogens is 1. The Morgan fingerprint density at radius 2 is 2.29 bits per heavy atom. The van der Waals surface area contributed by atoms with E-state index in [4.69, 9.17) is 16.3 Å². The number of fused-ring (bicyclic) bond motifs is 1. The van der Waals surface area contributed by atoms with Gasteiger partial charge in [-0.15, -0.1) is 0 Å². The third-order valence-corrected chi connectivity index (χ3v) is 3.04. The highest BCUT2D eigenvalue weighted by molar-refractivity contribution is 6.32. The van der Waals surface area contributed by atoms with Gasteiger partial charge in [0.1, 0.15) is 5.69 Å². The van der Waals surface area contributed by atoms with E-state index in [9.17, 15) is 10.0 Å². The minimum absolute atomic E-state index is 0.301. The Balaban J connectivity index is 2.30. The second-order valence-corrected chi connectivity index (χ2v) is 4.39. The Kier molecular flexibility index (Phi) is 3.54. The number of hydrogen-bond acceptors (Lipinski definition) is 3. The number of anilines is 1. The van der Waals surface area contributed by atoms with Crippen LogP contribution in [0.25, 0.3) is 0 Å². The quantitative estimate of drug-likeness (QED) is 0.845. The number of carbonyl (C=O) groups is 1. The van der Waals surface area contributed by atoms with Crippen LogP contribution < -0.4 is 9.80 Å². The van der Waals surface area contributed by atoms with Gasteiger partial charge in [-0.05, 0) is 25.0 Å². The number of unbranched alkanes of at least 4 members (excludes halogenated alkanes) is 1. The highest BCUT2D eigenvalue weighted by Crippen LogP contribution is 2.39. The predicted molar refractivity (Wildman–Crippen MR) is 64.7 cm³/mol. The Bertz CT molecular complexity index is 436. The summed E-state index contributed by atoms with van der Waals surface area (Å²) in [6.45, 7) is 2.03. The summed E-state index contributed by atoms with van der Waals surface area (Å²) in [5, 5.41) is 10.8. The summed E-state index contributed by atoms with van der Waals surface area (Å²) in [6, 6.07) is 4.92. The number of ether oxygens (including phenoxy) is 1. The number of para-hydroxylation sites is 1. The Morgan fingerprint density at radius 1 is 1.53 bits per heavy atom. The van der Waals surface area contributed by atoms with Gasteiger partial charge in [0, 0.05) is 0 Å². The molecule has 92 valence electrons. The van der Waals surface area contributed by atoms with Crippen LogP contribution in [-0.4, -0.2) is 17.2 Å². The van der Waals surface area contributed by atoms with Crippen molar-refractivity contribution >= 4 is 23.2 Å². The lowest BCUT2D eigenvalue weighted by Crippen LogP contribution is -2.44. The molecule has 5 heteroatoms. The molecule has 1 aromatic rings. The summed E-state index contributed by atoms with van der Waals surface area (Å²) in [7, 11) is 0. The van der Waals surface area contributed by atoms with Gasteiger partial charge in [0.05, 0.1) is 5.02 Å². The van der Waals surface area contributed by atoms with Gasteiger partial charge in [-0.2, -0.15) is 5.06 Å². The van der Waals surface area contributed by atoms with Gasteiger partial charge in [0.2, 0.25) is 0 Å². The molecule has 1 aromatic carbocycles. The van der Waals surface area contributed by atoms with Gasteiger partial charge in [-0.25, -0.2) is 0 Å². The van der Waals surface area contributed by atoms with Crippen molar-refractivity contribution in [1.29, 1.82) is 0 Å². The smallest absolute Gasteiger partial charge is 0.291 e. The molecule has 0 aromatic heterocycles. The molecule has 1 unspecified atom stereocenters. The molecule has 0 saturated heterocycles. The predicted octanol–water partition coefficient (Wildman–Crippen LogP) is 3.01. The molecule has 1 amide bonds. The number of rotatable bonds is 3. The van der Waals surface area contributed by atoms with Gasteiger partial charge < -0.3 is 4.74 Å². The largest absolute Gasteiger partial charge is 0.477 e. The molecule has 0 fully saturated rings. The zero-order chi connectivity index (χ0) is 12.4. The summed E-state index contributed by atoms with van der Waals surface area (Å²) < 4.78 is 5.56. The van der Waals surface area contributed by atoms with Crippen LogP contribution in [0.3, 0.4) is 0 Å². The van der Waals surface area contributed by atoms with E-state index < -0.39 is 12.0 Å². The van der Waals surface area contributed by atoms with Crippen molar-refractivity contribution in [2.75, 3.05) is 5.06 Å². The molecule has 4 nitrogen and oxygen atoms in total. The van der Waals surface area contributed by atoms with E-state index in [1.165, 1.54) is 0 Å². The lowest BCUT2D eigenvalue weighted by molar-refractivity contribution is -0.132. The summed E-state index contributed by atoms with van der Waals surface area (Å²) in [5.41, 5.74) is 0.301. The minimum atomic E-state index is -0.646. The maximum Gasteiger partial charge on any atom is 0.291 e. The fourth-order valence-electron chi connectivity index (χ4n) is 1.80. The Morgan fingerprint density at radius 3 is 3.00 bits per heavy atom. The molecule has 1 atom stereocenters. The van der Waals surface area contributed by atoms with E-state index in [2.05, 4.69) is 0 Å². The van der Waals surface area contributed by atoms with Crippen LogP contribution in [-0.2, 0) is 4.79 Å². The van der Waals surface area contributed by atoms with Crippen LogP contribution in [0, 0.1) is 0 Å². The first-order valence-corrected chi connectivity index (χ1v) is 6.01. The zero-order valence-corrected chi connectivity index (χ0v) is 10.3. The van der Waals surface area contributed by atoms with Crippen LogP contribution in [0.4, 0.5) is 5.69 Å². The van der Waals surface area contributed by atoms with Crippen LogP contribution in [0.15, 0.2) is 18.2 Å². The summed E-state index contributed by atoms with van der Waals surface area (Å²) in [6.07, 6.45) is 1.77. The number of hydroxylamine groups is 1. The van der Waals surface area contributed by atoms with Crippen molar-refractivity contribution in [3.8, 4) is 5.75 Å². The fraction of sp³-hybridized carbons (Fsp3) is 0.417. The van der Waals surface area contributed by atoms with Crippen LogP contribution >= 0.6 is 11.6 Å². The summed E-state index contributed by atoms with van der Waals surface area (Å²) in [5.74, 6) is -0.0643. The van der Waals surface area contributed by atoms with E-state index in [-0.39, 0.29) is 0 Å². The van der Waals surface area contributed by atoms with E-state index in [1.54, 1.807) is 18.2 Å². The SMILES string of the molecule is CCCCC1Oc2c(Cl)cccc2N(O)C1=O. The highest BCUT2D eigenvalue weighted by Gasteiger charge is 2.34. The summed E-state index contributed by atoms with van der Waals surface area (Å²) in [4.78, 5) is 11.8. The van der Waals surface area contributed by atoms with Crippen LogP contribution in [0.1, 0.15) is 26.2 Å². The number of amides is 1. The van der Waals surface area contributed by atoms with E-state index in [0.29, 0.717) is 27.9 Å². The van der Waals surface area contributed by atoms with Crippen molar-refractivity contribution in [3.63, 3.8) is 0 Å². The van der Waals surface area contributed by atoms with Gasteiger partial charge in [-0.1, -0.05) is 31.0 Å². The highest BCUT2D eigenvalue weighted by atomic mass is 35.5. The average Bonchev–Trinajstić information content (AvgIpc) is 2.33. The van der Waals surface area contributed by atoms with Crippen molar-refractivity contribution in [1.82, 2.24) is 0 Å². The van der Waals surface area contributed by atoms with Crippen LogP contribution in [0.2, 0.25) is 5.02 Å². The third-order valence-electron chi connectivity index (χ3n) is 2.74. The number of hydrogen-bond donors (Lipinski definition) is 1. The van der Waals surface area contributed by atoms with Crippen molar-refractivity contribution < 1.29 is 14.7 Å². The second kappa shape index (κ2) is 4.94. The molecule has 17 heavy (non-hydrogen) atoms. The van der Waals surface area contributed by atoms with Crippen molar-refractivity contribution in [2.45, 2.75) is 32.3 Å². The molecule has 0 spiro atoms. The second-order valence-electron chi connectivity index (χ2n) is 3.99. The first kappa shape index (κ1) is 12.2. The maximum absolute atomic E-state index is 11.8. The molecule has 1 N–H and O–H groups in total. The molecule has 1 aliphatic heterocycles. The van der Waals surface area contributed by atoms with E-state index in [1.807, 2.05) is 6.92 Å². The first-order chi connectivity index (χ1) is 8.15. The molecule has 1 aliphatic rings. The lowest BCUT2D eigenvalue weighted by atomic mass is 10.1. The topological polar surface area (TPSA) is 49.8 Å². The normalized spacial score (nSPS) is 18.9. The fourth-order valence-corrected chi connectivity index (χ4v) is 2.01. The van der Waals surface area contributed by atoms with Crippen molar-refractivity contribution in [3.05, 3.63) is 23.2 Å². The first-order valence-electron chi connectivity index (χ1n) is 5.63. The van der Waals surface area contributed by atoms with Gasteiger partial charge >= 0.3 is 0 Å². The Labute approximate surface area is 105 Å².